The Bertz CT molecular complexity index is 596. The molecule has 0 fully saturated rings. The lowest BCUT2D eigenvalue weighted by Gasteiger charge is -2.13. The molecule has 0 unspecified atom stereocenters. The summed E-state index contributed by atoms with van der Waals surface area (Å²) in [5, 5.41) is 2.70. The molecule has 1 aromatic carbocycles. The van der Waals surface area contributed by atoms with Gasteiger partial charge in [0.25, 0.3) is 0 Å². The van der Waals surface area contributed by atoms with E-state index in [1.165, 1.54) is 14.0 Å². The maximum atomic E-state index is 11.6. The van der Waals surface area contributed by atoms with Crippen LogP contribution in [0.25, 0.3) is 0 Å². The van der Waals surface area contributed by atoms with Crippen molar-refractivity contribution < 1.29 is 14.3 Å². The molecule has 0 heterocycles. The minimum atomic E-state index is -0.450. The predicted molar refractivity (Wildman–Crippen MR) is 86.8 cm³/mol. The predicted octanol–water partition coefficient (Wildman–Crippen LogP) is 2.12. The van der Waals surface area contributed by atoms with E-state index < -0.39 is 5.97 Å². The third-order valence-corrected chi connectivity index (χ3v) is 3.17. The molecule has 5 heteroatoms. The summed E-state index contributed by atoms with van der Waals surface area (Å²) in [7, 11) is 1.32. The second kappa shape index (κ2) is 8.85. The SMILES string of the molecule is CCN(CC)CC#Cc1ccc(C(=O)OC)cc1NC(C)=O. The van der Waals surface area contributed by atoms with Crippen LogP contribution in [0.1, 0.15) is 36.7 Å². The molecule has 22 heavy (non-hydrogen) atoms. The first-order valence-corrected chi connectivity index (χ1v) is 7.23. The zero-order chi connectivity index (χ0) is 16.5. The molecular formula is C17H22N2O3. The minimum Gasteiger partial charge on any atom is -0.465 e. The van der Waals surface area contributed by atoms with Gasteiger partial charge in [0.1, 0.15) is 0 Å². The highest BCUT2D eigenvalue weighted by Crippen LogP contribution is 2.17. The second-order valence-electron chi connectivity index (χ2n) is 4.70. The van der Waals surface area contributed by atoms with Gasteiger partial charge in [-0.15, -0.1) is 0 Å². The minimum absolute atomic E-state index is 0.214. The van der Waals surface area contributed by atoms with Crippen LogP contribution in [0, 0.1) is 11.8 Å². The lowest BCUT2D eigenvalue weighted by atomic mass is 10.1. The van der Waals surface area contributed by atoms with Crippen molar-refractivity contribution in [1.82, 2.24) is 4.90 Å². The van der Waals surface area contributed by atoms with Crippen molar-refractivity contribution in [1.29, 1.82) is 0 Å². The molecule has 5 nitrogen and oxygen atoms in total. The molecule has 0 bridgehead atoms. The third kappa shape index (κ3) is 5.23. The third-order valence-electron chi connectivity index (χ3n) is 3.17. The summed E-state index contributed by atoms with van der Waals surface area (Å²) in [6, 6.07) is 4.93. The summed E-state index contributed by atoms with van der Waals surface area (Å²) in [6.07, 6.45) is 0. The van der Waals surface area contributed by atoms with Gasteiger partial charge in [0.05, 0.1) is 24.9 Å². The number of rotatable bonds is 5. The van der Waals surface area contributed by atoms with E-state index in [0.717, 1.165) is 13.1 Å². The number of amides is 1. The van der Waals surface area contributed by atoms with Crippen LogP contribution in [0.5, 0.6) is 0 Å². The number of carbonyl (C=O) groups excluding carboxylic acids is 2. The van der Waals surface area contributed by atoms with Crippen molar-refractivity contribution in [3.8, 4) is 11.8 Å². The fourth-order valence-corrected chi connectivity index (χ4v) is 1.88. The molecule has 0 atom stereocenters. The van der Waals surface area contributed by atoms with Crippen LogP contribution in [0.4, 0.5) is 5.69 Å². The average molecular weight is 302 g/mol. The molecule has 118 valence electrons. The summed E-state index contributed by atoms with van der Waals surface area (Å²) < 4.78 is 4.68. The zero-order valence-corrected chi connectivity index (χ0v) is 13.5. The first-order chi connectivity index (χ1) is 10.5. The highest BCUT2D eigenvalue weighted by molar-refractivity contribution is 5.95. The Morgan fingerprint density at radius 1 is 1.27 bits per heavy atom. The van der Waals surface area contributed by atoms with Crippen LogP contribution in [-0.2, 0) is 9.53 Å². The van der Waals surface area contributed by atoms with Crippen LogP contribution < -0.4 is 5.32 Å². The number of ether oxygens (including phenoxy) is 1. The Hall–Kier alpha value is -2.32. The maximum Gasteiger partial charge on any atom is 0.337 e. The number of carbonyl (C=O) groups is 2. The quantitative estimate of drug-likeness (QED) is 0.668. The van der Waals surface area contributed by atoms with Crippen molar-refractivity contribution in [2.75, 3.05) is 32.1 Å². The number of anilines is 1. The lowest BCUT2D eigenvalue weighted by molar-refractivity contribution is -0.114. The number of hydrogen-bond donors (Lipinski definition) is 1. The summed E-state index contributed by atoms with van der Waals surface area (Å²) in [6.45, 7) is 8.11. The normalized spacial score (nSPS) is 9.86. The number of nitrogens with one attached hydrogen (secondary N) is 1. The van der Waals surface area contributed by atoms with Gasteiger partial charge in [-0.2, -0.15) is 0 Å². The van der Waals surface area contributed by atoms with E-state index in [9.17, 15) is 9.59 Å². The Balaban J connectivity index is 3.05. The Labute approximate surface area is 131 Å². The monoisotopic (exact) mass is 302 g/mol. The molecule has 0 aliphatic rings. The molecule has 0 radical (unpaired) electrons. The van der Waals surface area contributed by atoms with Gasteiger partial charge < -0.3 is 10.1 Å². The fourth-order valence-electron chi connectivity index (χ4n) is 1.88. The molecular weight excluding hydrogens is 280 g/mol. The molecule has 1 N–H and O–H groups in total. The summed E-state index contributed by atoms with van der Waals surface area (Å²) in [5.74, 6) is 5.47. The molecule has 1 amide bonds. The first-order valence-electron chi connectivity index (χ1n) is 7.23. The summed E-state index contributed by atoms with van der Waals surface area (Å²) >= 11 is 0. The number of benzene rings is 1. The van der Waals surface area contributed by atoms with Crippen LogP contribution in [0.15, 0.2) is 18.2 Å². The molecule has 0 saturated carbocycles. The highest BCUT2D eigenvalue weighted by atomic mass is 16.5. The van der Waals surface area contributed by atoms with Crippen LogP contribution in [0.2, 0.25) is 0 Å². The molecule has 0 spiro atoms. The van der Waals surface area contributed by atoms with Gasteiger partial charge in [-0.05, 0) is 31.3 Å². The molecule has 1 aromatic rings. The first kappa shape index (κ1) is 17.7. The molecule has 0 aliphatic carbocycles. The number of esters is 1. The topological polar surface area (TPSA) is 58.6 Å². The fraction of sp³-hybridized carbons (Fsp3) is 0.412. The van der Waals surface area contributed by atoms with Gasteiger partial charge in [0.2, 0.25) is 5.91 Å². The Kier molecular flexibility index (Phi) is 7.14. The zero-order valence-electron chi connectivity index (χ0n) is 13.5. The lowest BCUT2D eigenvalue weighted by Crippen LogP contribution is -2.22. The molecule has 1 rings (SSSR count). The average Bonchev–Trinajstić information content (AvgIpc) is 2.51. The number of methoxy groups -OCH3 is 1. The molecule has 0 aromatic heterocycles. The van der Waals surface area contributed by atoms with E-state index in [2.05, 4.69) is 40.6 Å². The van der Waals surface area contributed by atoms with E-state index in [1.807, 2.05) is 0 Å². The van der Waals surface area contributed by atoms with E-state index in [1.54, 1.807) is 18.2 Å². The summed E-state index contributed by atoms with van der Waals surface area (Å²) in [5.41, 5.74) is 1.57. The van der Waals surface area contributed by atoms with Crippen molar-refractivity contribution in [2.24, 2.45) is 0 Å². The van der Waals surface area contributed by atoms with Gasteiger partial charge in [-0.25, -0.2) is 4.79 Å². The smallest absolute Gasteiger partial charge is 0.337 e. The van der Waals surface area contributed by atoms with E-state index in [-0.39, 0.29) is 5.91 Å². The van der Waals surface area contributed by atoms with Crippen molar-refractivity contribution in [3.63, 3.8) is 0 Å². The van der Waals surface area contributed by atoms with Gasteiger partial charge in [-0.1, -0.05) is 25.7 Å². The van der Waals surface area contributed by atoms with Gasteiger partial charge in [0.15, 0.2) is 0 Å². The Morgan fingerprint density at radius 3 is 2.50 bits per heavy atom. The van der Waals surface area contributed by atoms with Gasteiger partial charge in [0, 0.05) is 12.5 Å². The highest BCUT2D eigenvalue weighted by Gasteiger charge is 2.09. The van der Waals surface area contributed by atoms with E-state index in [0.29, 0.717) is 23.4 Å². The largest absolute Gasteiger partial charge is 0.465 e. The van der Waals surface area contributed by atoms with Crippen LogP contribution in [-0.4, -0.2) is 43.5 Å². The van der Waals surface area contributed by atoms with E-state index in [4.69, 9.17) is 0 Å². The molecule has 0 saturated heterocycles. The van der Waals surface area contributed by atoms with Gasteiger partial charge >= 0.3 is 5.97 Å². The Morgan fingerprint density at radius 2 is 1.95 bits per heavy atom. The second-order valence-corrected chi connectivity index (χ2v) is 4.70. The van der Waals surface area contributed by atoms with Crippen molar-refractivity contribution >= 4 is 17.6 Å². The van der Waals surface area contributed by atoms with E-state index >= 15 is 0 Å². The van der Waals surface area contributed by atoms with Crippen LogP contribution in [0.3, 0.4) is 0 Å². The number of hydrogen-bond acceptors (Lipinski definition) is 4. The number of nitrogens with zero attached hydrogens (tertiary/aromatic N) is 1. The van der Waals surface area contributed by atoms with Crippen LogP contribution >= 0.6 is 0 Å². The van der Waals surface area contributed by atoms with Gasteiger partial charge in [-0.3, -0.25) is 9.69 Å². The maximum absolute atomic E-state index is 11.6. The standard InChI is InChI=1S/C17H22N2O3/c1-5-19(6-2)11-7-8-14-9-10-15(17(21)22-4)12-16(14)18-13(3)20/h9-10,12H,5-6,11H2,1-4H3,(H,18,20). The molecule has 0 aliphatic heterocycles. The van der Waals surface area contributed by atoms with Crippen molar-refractivity contribution in [3.05, 3.63) is 29.3 Å². The van der Waals surface area contributed by atoms with Crippen molar-refractivity contribution in [2.45, 2.75) is 20.8 Å². The summed E-state index contributed by atoms with van der Waals surface area (Å²) in [4.78, 5) is 25.1.